The molecule has 19 heavy (non-hydrogen) atoms. The lowest BCUT2D eigenvalue weighted by molar-refractivity contribution is 0.289. The molecule has 2 aromatic heterocycles. The van der Waals surface area contributed by atoms with Gasteiger partial charge in [-0.2, -0.15) is 4.98 Å². The van der Waals surface area contributed by atoms with E-state index in [2.05, 4.69) is 29.1 Å². The first-order valence-electron chi connectivity index (χ1n) is 6.91. The molecule has 0 fully saturated rings. The third-order valence-electron chi connectivity index (χ3n) is 2.87. The van der Waals surface area contributed by atoms with Crippen LogP contribution in [0.5, 0.6) is 5.88 Å². The number of rotatable bonds is 7. The maximum absolute atomic E-state index is 5.78. The van der Waals surface area contributed by atoms with Crippen molar-refractivity contribution in [3.63, 3.8) is 0 Å². The predicted molar refractivity (Wildman–Crippen MR) is 76.7 cm³/mol. The van der Waals surface area contributed by atoms with Gasteiger partial charge >= 0.3 is 0 Å². The zero-order chi connectivity index (χ0) is 13.7. The molecule has 0 unspecified atom stereocenters. The Morgan fingerprint density at radius 2 is 2.26 bits per heavy atom. The van der Waals surface area contributed by atoms with E-state index in [0.29, 0.717) is 18.4 Å². The van der Waals surface area contributed by atoms with Crippen molar-refractivity contribution in [1.29, 1.82) is 0 Å². The second kappa shape index (κ2) is 6.41. The molecule has 1 N–H and O–H groups in total. The predicted octanol–water partition coefficient (Wildman–Crippen LogP) is 2.98. The maximum atomic E-state index is 5.78. The van der Waals surface area contributed by atoms with Gasteiger partial charge in [-0.05, 0) is 25.7 Å². The lowest BCUT2D eigenvalue weighted by atomic mass is 10.1. The Bertz CT molecular complexity index is 521. The highest BCUT2D eigenvalue weighted by Crippen LogP contribution is 2.19. The zero-order valence-corrected chi connectivity index (χ0v) is 11.9. The van der Waals surface area contributed by atoms with Crippen LogP contribution in [0.3, 0.4) is 0 Å². The average molecular weight is 262 g/mol. The minimum Gasteiger partial charge on any atom is -0.475 e. The fraction of sp³-hybridized carbons (Fsp3) is 0.571. The second-order valence-corrected chi connectivity index (χ2v) is 5.00. The first-order valence-corrected chi connectivity index (χ1v) is 6.91. The number of nitrogens with one attached hydrogen (secondary N) is 1. The van der Waals surface area contributed by atoms with Gasteiger partial charge in [0.25, 0.3) is 5.88 Å². The molecule has 0 aliphatic carbocycles. The maximum Gasteiger partial charge on any atom is 0.260 e. The van der Waals surface area contributed by atoms with E-state index in [1.165, 1.54) is 0 Å². The highest BCUT2D eigenvalue weighted by atomic mass is 16.5. The van der Waals surface area contributed by atoms with Crippen LogP contribution in [0.4, 0.5) is 5.82 Å². The molecule has 2 heterocycles. The largest absolute Gasteiger partial charge is 0.475 e. The number of aromatic nitrogens is 3. The van der Waals surface area contributed by atoms with Gasteiger partial charge in [0.05, 0.1) is 12.8 Å². The molecule has 0 radical (unpaired) electrons. The summed E-state index contributed by atoms with van der Waals surface area (Å²) in [6.45, 7) is 8.00. The second-order valence-electron chi connectivity index (χ2n) is 5.00. The summed E-state index contributed by atoms with van der Waals surface area (Å²) >= 11 is 0. The minimum atomic E-state index is 0.604. The van der Waals surface area contributed by atoms with Crippen LogP contribution in [0.25, 0.3) is 5.65 Å². The minimum absolute atomic E-state index is 0.604. The van der Waals surface area contributed by atoms with Crippen molar-refractivity contribution >= 4 is 11.5 Å². The van der Waals surface area contributed by atoms with E-state index < -0.39 is 0 Å². The molecule has 0 spiro atoms. The summed E-state index contributed by atoms with van der Waals surface area (Å²) in [4.78, 5) is 8.74. The molecule has 0 bridgehead atoms. The molecule has 0 aliphatic heterocycles. The lowest BCUT2D eigenvalue weighted by Crippen LogP contribution is -2.06. The molecule has 0 amide bonds. The van der Waals surface area contributed by atoms with E-state index >= 15 is 0 Å². The summed E-state index contributed by atoms with van der Waals surface area (Å²) < 4.78 is 7.71. The van der Waals surface area contributed by atoms with Crippen LogP contribution in [0.1, 0.15) is 33.6 Å². The van der Waals surface area contributed by atoms with E-state index in [9.17, 15) is 0 Å². The van der Waals surface area contributed by atoms with Gasteiger partial charge < -0.3 is 10.1 Å². The van der Waals surface area contributed by atoms with Gasteiger partial charge in [-0.25, -0.2) is 4.98 Å². The highest BCUT2D eigenvalue weighted by molar-refractivity contribution is 5.53. The van der Waals surface area contributed by atoms with Crippen molar-refractivity contribution in [2.24, 2.45) is 5.92 Å². The molecule has 104 valence electrons. The Balaban J connectivity index is 2.09. The van der Waals surface area contributed by atoms with Crippen LogP contribution in [-0.4, -0.2) is 27.5 Å². The van der Waals surface area contributed by atoms with Crippen LogP contribution in [0.2, 0.25) is 0 Å². The number of ether oxygens (including phenoxy) is 1. The van der Waals surface area contributed by atoms with Gasteiger partial charge in [0.2, 0.25) is 5.65 Å². The van der Waals surface area contributed by atoms with E-state index in [1.54, 1.807) is 6.20 Å². The van der Waals surface area contributed by atoms with Gasteiger partial charge in [-0.3, -0.25) is 4.40 Å². The van der Waals surface area contributed by atoms with Gasteiger partial charge in [-0.15, -0.1) is 0 Å². The molecule has 2 rings (SSSR count). The van der Waals surface area contributed by atoms with Crippen molar-refractivity contribution in [1.82, 2.24) is 14.4 Å². The molecular formula is C14H22N4O. The van der Waals surface area contributed by atoms with Gasteiger partial charge in [0.15, 0.2) is 0 Å². The Labute approximate surface area is 114 Å². The Morgan fingerprint density at radius 3 is 3.00 bits per heavy atom. The first-order chi connectivity index (χ1) is 9.20. The van der Waals surface area contributed by atoms with Gasteiger partial charge in [0.1, 0.15) is 5.82 Å². The van der Waals surface area contributed by atoms with Crippen molar-refractivity contribution in [2.75, 3.05) is 18.5 Å². The van der Waals surface area contributed by atoms with Crippen molar-refractivity contribution in [3.05, 3.63) is 18.6 Å². The molecule has 0 atom stereocenters. The fourth-order valence-electron chi connectivity index (χ4n) is 1.93. The molecular weight excluding hydrogens is 240 g/mol. The quantitative estimate of drug-likeness (QED) is 0.779. The van der Waals surface area contributed by atoms with E-state index in [1.807, 2.05) is 23.7 Å². The summed E-state index contributed by atoms with van der Waals surface area (Å²) in [5.41, 5.74) is 0.770. The normalized spacial score (nSPS) is 11.2. The zero-order valence-electron chi connectivity index (χ0n) is 11.9. The van der Waals surface area contributed by atoms with E-state index in [-0.39, 0.29) is 0 Å². The topological polar surface area (TPSA) is 51.5 Å². The third-order valence-corrected chi connectivity index (χ3v) is 2.87. The molecule has 0 saturated carbocycles. The van der Waals surface area contributed by atoms with Crippen LogP contribution in [-0.2, 0) is 0 Å². The average Bonchev–Trinajstić information content (AvgIpc) is 2.83. The highest BCUT2D eigenvalue weighted by Gasteiger charge is 2.08. The SMILES string of the molecule is CCNc1cn2ccnc2c(OCCCC(C)C)n1. The van der Waals surface area contributed by atoms with Crippen LogP contribution < -0.4 is 10.1 Å². The molecule has 0 aliphatic rings. The summed E-state index contributed by atoms with van der Waals surface area (Å²) in [6.07, 6.45) is 7.79. The number of imidazole rings is 1. The third kappa shape index (κ3) is 3.59. The summed E-state index contributed by atoms with van der Waals surface area (Å²) in [6, 6.07) is 0. The van der Waals surface area contributed by atoms with Crippen LogP contribution in [0, 0.1) is 5.92 Å². The Hall–Kier alpha value is -1.78. The lowest BCUT2D eigenvalue weighted by Gasteiger charge is -2.10. The van der Waals surface area contributed by atoms with Crippen molar-refractivity contribution in [2.45, 2.75) is 33.6 Å². The first kappa shape index (κ1) is 13.6. The van der Waals surface area contributed by atoms with Crippen molar-refractivity contribution in [3.8, 4) is 5.88 Å². The fourth-order valence-corrected chi connectivity index (χ4v) is 1.93. The van der Waals surface area contributed by atoms with Crippen LogP contribution in [0.15, 0.2) is 18.6 Å². The number of hydrogen-bond acceptors (Lipinski definition) is 4. The summed E-state index contributed by atoms with van der Waals surface area (Å²) in [7, 11) is 0. The Morgan fingerprint density at radius 1 is 1.42 bits per heavy atom. The molecule has 0 aromatic carbocycles. The van der Waals surface area contributed by atoms with E-state index in [4.69, 9.17) is 4.74 Å². The number of anilines is 1. The summed E-state index contributed by atoms with van der Waals surface area (Å²) in [5, 5.41) is 3.20. The molecule has 5 nitrogen and oxygen atoms in total. The van der Waals surface area contributed by atoms with Gasteiger partial charge in [-0.1, -0.05) is 13.8 Å². The smallest absolute Gasteiger partial charge is 0.260 e. The van der Waals surface area contributed by atoms with E-state index in [0.717, 1.165) is 30.9 Å². The number of hydrogen-bond donors (Lipinski definition) is 1. The summed E-state index contributed by atoms with van der Waals surface area (Å²) in [5.74, 6) is 2.12. The standard InChI is InChI=1S/C14H22N4O/c1-4-15-12-10-18-8-7-16-13(18)14(17-12)19-9-5-6-11(2)3/h7-8,10-11,15H,4-6,9H2,1-3H3. The number of fused-ring (bicyclic) bond motifs is 1. The van der Waals surface area contributed by atoms with Gasteiger partial charge in [0, 0.05) is 18.9 Å². The Kier molecular flexibility index (Phi) is 4.60. The molecule has 2 aromatic rings. The molecule has 0 saturated heterocycles. The van der Waals surface area contributed by atoms with Crippen LogP contribution >= 0.6 is 0 Å². The monoisotopic (exact) mass is 262 g/mol. The number of nitrogens with zero attached hydrogens (tertiary/aromatic N) is 3. The van der Waals surface area contributed by atoms with Crippen molar-refractivity contribution < 1.29 is 4.74 Å². The molecule has 5 heteroatoms.